The molecule has 1 unspecified atom stereocenters. The summed E-state index contributed by atoms with van der Waals surface area (Å²) in [5.74, 6) is -1.61. The van der Waals surface area contributed by atoms with Crippen LogP contribution < -0.4 is 0 Å². The van der Waals surface area contributed by atoms with E-state index in [-0.39, 0.29) is 18.2 Å². The summed E-state index contributed by atoms with van der Waals surface area (Å²) in [6, 6.07) is 3.16. The van der Waals surface area contributed by atoms with Crippen LogP contribution in [0.3, 0.4) is 0 Å². The Bertz CT molecular complexity index is 344. The van der Waals surface area contributed by atoms with Crippen molar-refractivity contribution in [2.24, 2.45) is 5.92 Å². The third-order valence-electron chi connectivity index (χ3n) is 2.05. The molecule has 0 saturated carbocycles. The molecule has 1 N–H and O–H groups in total. The van der Waals surface area contributed by atoms with Gasteiger partial charge in [0.1, 0.15) is 0 Å². The van der Waals surface area contributed by atoms with Crippen LogP contribution in [0.5, 0.6) is 0 Å². The molecule has 0 spiro atoms. The molecular weight excluding hydrogens is 198 g/mol. The van der Waals surface area contributed by atoms with Crippen molar-refractivity contribution >= 4 is 11.9 Å². The SMILES string of the molecule is CC(CN(C)C(=O)c1ccco1)C(=O)O. The van der Waals surface area contributed by atoms with Crippen LogP contribution in [0.1, 0.15) is 17.5 Å². The van der Waals surface area contributed by atoms with Gasteiger partial charge in [0.05, 0.1) is 12.2 Å². The number of carbonyl (C=O) groups excluding carboxylic acids is 1. The van der Waals surface area contributed by atoms with Crippen molar-refractivity contribution in [2.75, 3.05) is 13.6 Å². The van der Waals surface area contributed by atoms with Crippen molar-refractivity contribution < 1.29 is 19.1 Å². The van der Waals surface area contributed by atoms with Gasteiger partial charge in [0.25, 0.3) is 5.91 Å². The fraction of sp³-hybridized carbons (Fsp3) is 0.400. The zero-order valence-electron chi connectivity index (χ0n) is 8.64. The van der Waals surface area contributed by atoms with Crippen molar-refractivity contribution in [3.63, 3.8) is 0 Å². The van der Waals surface area contributed by atoms with Crippen molar-refractivity contribution in [3.8, 4) is 0 Å². The topological polar surface area (TPSA) is 70.8 Å². The molecule has 5 nitrogen and oxygen atoms in total. The van der Waals surface area contributed by atoms with E-state index in [4.69, 9.17) is 9.52 Å². The van der Waals surface area contributed by atoms with Gasteiger partial charge in [0.2, 0.25) is 0 Å². The Morgan fingerprint density at radius 3 is 2.73 bits per heavy atom. The number of carboxylic acids is 1. The van der Waals surface area contributed by atoms with Crippen LogP contribution in [0, 0.1) is 5.92 Å². The van der Waals surface area contributed by atoms with Crippen LogP contribution in [0.4, 0.5) is 0 Å². The monoisotopic (exact) mass is 211 g/mol. The summed E-state index contributed by atoms with van der Waals surface area (Å²) in [7, 11) is 1.55. The summed E-state index contributed by atoms with van der Waals surface area (Å²) in [5, 5.41) is 8.68. The van der Waals surface area contributed by atoms with E-state index in [0.29, 0.717) is 0 Å². The summed E-state index contributed by atoms with van der Waals surface area (Å²) < 4.78 is 4.92. The Hall–Kier alpha value is -1.78. The van der Waals surface area contributed by atoms with Crippen LogP contribution in [-0.2, 0) is 4.79 Å². The molecule has 1 rings (SSSR count). The Kier molecular flexibility index (Phi) is 3.49. The number of aliphatic carboxylic acids is 1. The smallest absolute Gasteiger partial charge is 0.308 e. The van der Waals surface area contributed by atoms with Gasteiger partial charge in [-0.15, -0.1) is 0 Å². The minimum atomic E-state index is -0.922. The molecule has 0 saturated heterocycles. The van der Waals surface area contributed by atoms with Crippen molar-refractivity contribution in [1.82, 2.24) is 4.90 Å². The molecule has 15 heavy (non-hydrogen) atoms. The lowest BCUT2D eigenvalue weighted by atomic mass is 10.2. The molecule has 1 aromatic rings. The van der Waals surface area contributed by atoms with E-state index in [1.807, 2.05) is 0 Å². The molecule has 0 aliphatic heterocycles. The van der Waals surface area contributed by atoms with Crippen molar-refractivity contribution in [3.05, 3.63) is 24.2 Å². The van der Waals surface area contributed by atoms with E-state index < -0.39 is 11.9 Å². The standard InChI is InChI=1S/C10H13NO4/c1-7(10(13)14)6-11(2)9(12)8-4-3-5-15-8/h3-5,7H,6H2,1-2H3,(H,13,14). The Morgan fingerprint density at radius 2 is 2.27 bits per heavy atom. The van der Waals surface area contributed by atoms with Gasteiger partial charge < -0.3 is 14.4 Å². The molecule has 0 aromatic carbocycles. The minimum absolute atomic E-state index is 0.162. The van der Waals surface area contributed by atoms with Gasteiger partial charge in [-0.05, 0) is 12.1 Å². The number of nitrogens with zero attached hydrogens (tertiary/aromatic N) is 1. The predicted octanol–water partition coefficient (Wildman–Crippen LogP) is 1.07. The van der Waals surface area contributed by atoms with E-state index in [1.165, 1.54) is 11.2 Å². The first-order chi connectivity index (χ1) is 7.02. The molecule has 82 valence electrons. The fourth-order valence-electron chi connectivity index (χ4n) is 1.16. The zero-order valence-corrected chi connectivity index (χ0v) is 8.64. The second-order valence-electron chi connectivity index (χ2n) is 3.40. The highest BCUT2D eigenvalue weighted by Crippen LogP contribution is 2.06. The lowest BCUT2D eigenvalue weighted by Gasteiger charge is -2.17. The van der Waals surface area contributed by atoms with Gasteiger partial charge in [0, 0.05) is 13.6 Å². The highest BCUT2D eigenvalue weighted by Gasteiger charge is 2.19. The second kappa shape index (κ2) is 4.63. The number of hydrogen-bond donors (Lipinski definition) is 1. The molecular formula is C10H13NO4. The van der Waals surface area contributed by atoms with Gasteiger partial charge in [-0.1, -0.05) is 6.92 Å². The maximum Gasteiger partial charge on any atom is 0.308 e. The van der Waals surface area contributed by atoms with Crippen LogP contribution in [0.25, 0.3) is 0 Å². The van der Waals surface area contributed by atoms with E-state index >= 15 is 0 Å². The number of carboxylic acid groups (broad SMARTS) is 1. The van der Waals surface area contributed by atoms with Crippen LogP contribution >= 0.6 is 0 Å². The van der Waals surface area contributed by atoms with Gasteiger partial charge in [-0.2, -0.15) is 0 Å². The number of rotatable bonds is 4. The van der Waals surface area contributed by atoms with Gasteiger partial charge in [-0.3, -0.25) is 9.59 Å². The Labute approximate surface area is 87.3 Å². The zero-order chi connectivity index (χ0) is 11.4. The lowest BCUT2D eigenvalue weighted by Crippen LogP contribution is -2.33. The summed E-state index contributed by atoms with van der Waals surface area (Å²) in [4.78, 5) is 23.5. The van der Waals surface area contributed by atoms with Crippen molar-refractivity contribution in [2.45, 2.75) is 6.92 Å². The summed E-state index contributed by atoms with van der Waals surface area (Å²) in [5.41, 5.74) is 0. The number of amides is 1. The first-order valence-corrected chi connectivity index (χ1v) is 4.54. The molecule has 0 aliphatic rings. The van der Waals surface area contributed by atoms with Gasteiger partial charge in [0.15, 0.2) is 5.76 Å². The van der Waals surface area contributed by atoms with E-state index in [1.54, 1.807) is 26.1 Å². The molecule has 1 atom stereocenters. The summed E-state index contributed by atoms with van der Waals surface area (Å²) in [6.45, 7) is 1.71. The largest absolute Gasteiger partial charge is 0.481 e. The molecule has 5 heteroatoms. The molecule has 0 fully saturated rings. The normalized spacial score (nSPS) is 12.1. The van der Waals surface area contributed by atoms with Crippen LogP contribution in [0.15, 0.2) is 22.8 Å². The average Bonchev–Trinajstić information content (AvgIpc) is 2.68. The van der Waals surface area contributed by atoms with E-state index in [0.717, 1.165) is 0 Å². The van der Waals surface area contributed by atoms with Gasteiger partial charge >= 0.3 is 5.97 Å². The summed E-state index contributed by atoms with van der Waals surface area (Å²) in [6.07, 6.45) is 1.40. The molecule has 1 heterocycles. The predicted molar refractivity (Wildman–Crippen MR) is 52.5 cm³/mol. The fourth-order valence-corrected chi connectivity index (χ4v) is 1.16. The third kappa shape index (κ3) is 2.83. The Balaban J connectivity index is 2.58. The highest BCUT2D eigenvalue weighted by molar-refractivity contribution is 5.91. The van der Waals surface area contributed by atoms with Crippen LogP contribution in [-0.4, -0.2) is 35.5 Å². The number of hydrogen-bond acceptors (Lipinski definition) is 3. The molecule has 0 bridgehead atoms. The molecule has 0 aliphatic carbocycles. The van der Waals surface area contributed by atoms with E-state index in [2.05, 4.69) is 0 Å². The molecule has 0 radical (unpaired) electrons. The average molecular weight is 211 g/mol. The lowest BCUT2D eigenvalue weighted by molar-refractivity contribution is -0.141. The minimum Gasteiger partial charge on any atom is -0.481 e. The van der Waals surface area contributed by atoms with Crippen molar-refractivity contribution in [1.29, 1.82) is 0 Å². The maximum absolute atomic E-state index is 11.6. The number of carbonyl (C=O) groups is 2. The summed E-state index contributed by atoms with van der Waals surface area (Å²) >= 11 is 0. The quantitative estimate of drug-likeness (QED) is 0.808. The maximum atomic E-state index is 11.6. The third-order valence-corrected chi connectivity index (χ3v) is 2.05. The van der Waals surface area contributed by atoms with Crippen LogP contribution in [0.2, 0.25) is 0 Å². The number of furan rings is 1. The van der Waals surface area contributed by atoms with E-state index in [9.17, 15) is 9.59 Å². The van der Waals surface area contributed by atoms with Gasteiger partial charge in [-0.25, -0.2) is 0 Å². The molecule has 1 amide bonds. The second-order valence-corrected chi connectivity index (χ2v) is 3.40. The first-order valence-electron chi connectivity index (χ1n) is 4.54. The first kappa shape index (κ1) is 11.3. The highest BCUT2D eigenvalue weighted by atomic mass is 16.4. The molecule has 1 aromatic heterocycles. The Morgan fingerprint density at radius 1 is 1.60 bits per heavy atom.